The van der Waals surface area contributed by atoms with E-state index in [0.29, 0.717) is 12.2 Å². The van der Waals surface area contributed by atoms with Gasteiger partial charge in [0.05, 0.1) is 0 Å². The molecule has 4 heteroatoms. The van der Waals surface area contributed by atoms with Crippen LogP contribution in [0.3, 0.4) is 0 Å². The summed E-state index contributed by atoms with van der Waals surface area (Å²) in [5, 5.41) is 0. The number of carbonyl (C=O) groups is 1. The highest BCUT2D eigenvalue weighted by Crippen LogP contribution is 2.04. The fourth-order valence-electron chi connectivity index (χ4n) is 1.35. The maximum atomic E-state index is 11.8. The number of hydrogen-bond donors (Lipinski definition) is 1. The van der Waals surface area contributed by atoms with E-state index in [1.54, 1.807) is 24.2 Å². The smallest absolute Gasteiger partial charge is 0.272 e. The SMILES string of the molecule is CCCN(C)C(=O)c1cc(CN)ccn1. The van der Waals surface area contributed by atoms with Gasteiger partial charge in [-0.15, -0.1) is 0 Å². The first-order chi connectivity index (χ1) is 7.19. The summed E-state index contributed by atoms with van der Waals surface area (Å²) in [6.07, 6.45) is 2.56. The zero-order chi connectivity index (χ0) is 11.3. The van der Waals surface area contributed by atoms with Crippen molar-refractivity contribution in [3.8, 4) is 0 Å². The van der Waals surface area contributed by atoms with Gasteiger partial charge >= 0.3 is 0 Å². The van der Waals surface area contributed by atoms with E-state index in [0.717, 1.165) is 18.5 Å². The average Bonchev–Trinajstić information content (AvgIpc) is 2.28. The third-order valence-electron chi connectivity index (χ3n) is 2.18. The minimum absolute atomic E-state index is 0.0489. The molecule has 0 atom stereocenters. The van der Waals surface area contributed by atoms with Gasteiger partial charge in [0.25, 0.3) is 5.91 Å². The molecule has 0 aliphatic heterocycles. The molecule has 0 fully saturated rings. The third-order valence-corrected chi connectivity index (χ3v) is 2.18. The van der Waals surface area contributed by atoms with E-state index < -0.39 is 0 Å². The molecule has 1 rings (SSSR count). The highest BCUT2D eigenvalue weighted by molar-refractivity contribution is 5.92. The van der Waals surface area contributed by atoms with Crippen LogP contribution in [0.2, 0.25) is 0 Å². The molecular formula is C11H17N3O. The molecule has 2 N–H and O–H groups in total. The Bertz CT molecular complexity index is 338. The lowest BCUT2D eigenvalue weighted by molar-refractivity contribution is 0.0789. The number of nitrogens with zero attached hydrogens (tertiary/aromatic N) is 2. The van der Waals surface area contributed by atoms with Gasteiger partial charge in [-0.1, -0.05) is 6.92 Å². The first-order valence-corrected chi connectivity index (χ1v) is 5.09. The summed E-state index contributed by atoms with van der Waals surface area (Å²) < 4.78 is 0. The van der Waals surface area contributed by atoms with E-state index in [-0.39, 0.29) is 5.91 Å². The van der Waals surface area contributed by atoms with E-state index >= 15 is 0 Å². The molecule has 82 valence electrons. The predicted molar refractivity (Wildman–Crippen MR) is 59.4 cm³/mol. The number of hydrogen-bond acceptors (Lipinski definition) is 3. The van der Waals surface area contributed by atoms with Gasteiger partial charge in [-0.3, -0.25) is 9.78 Å². The molecule has 1 aromatic heterocycles. The second kappa shape index (κ2) is 5.46. The fraction of sp³-hybridized carbons (Fsp3) is 0.455. The van der Waals surface area contributed by atoms with Crippen LogP contribution in [0, 0.1) is 0 Å². The van der Waals surface area contributed by atoms with Crippen molar-refractivity contribution in [2.75, 3.05) is 13.6 Å². The quantitative estimate of drug-likeness (QED) is 0.802. The molecule has 1 amide bonds. The Hall–Kier alpha value is -1.42. The summed E-state index contributed by atoms with van der Waals surface area (Å²) in [6, 6.07) is 3.56. The molecular weight excluding hydrogens is 190 g/mol. The Labute approximate surface area is 90.1 Å². The number of nitrogens with two attached hydrogens (primary N) is 1. The molecule has 0 aliphatic rings. The molecule has 0 aromatic carbocycles. The average molecular weight is 207 g/mol. The van der Waals surface area contributed by atoms with E-state index in [1.165, 1.54) is 0 Å². The van der Waals surface area contributed by atoms with Crippen LogP contribution in [0.25, 0.3) is 0 Å². The van der Waals surface area contributed by atoms with Crippen LogP contribution in [-0.4, -0.2) is 29.4 Å². The van der Waals surface area contributed by atoms with Crippen molar-refractivity contribution in [3.05, 3.63) is 29.6 Å². The maximum absolute atomic E-state index is 11.8. The summed E-state index contributed by atoms with van der Waals surface area (Å²) in [5.41, 5.74) is 6.90. The van der Waals surface area contributed by atoms with Gasteiger partial charge in [-0.25, -0.2) is 0 Å². The van der Waals surface area contributed by atoms with Crippen LogP contribution >= 0.6 is 0 Å². The highest BCUT2D eigenvalue weighted by atomic mass is 16.2. The zero-order valence-corrected chi connectivity index (χ0v) is 9.23. The predicted octanol–water partition coefficient (Wildman–Crippen LogP) is 1.02. The van der Waals surface area contributed by atoms with Crippen molar-refractivity contribution in [3.63, 3.8) is 0 Å². The molecule has 4 nitrogen and oxygen atoms in total. The minimum Gasteiger partial charge on any atom is -0.340 e. The van der Waals surface area contributed by atoms with Crippen LogP contribution in [0.1, 0.15) is 29.4 Å². The maximum Gasteiger partial charge on any atom is 0.272 e. The van der Waals surface area contributed by atoms with Crippen molar-refractivity contribution >= 4 is 5.91 Å². The molecule has 1 aromatic rings. The van der Waals surface area contributed by atoms with Gasteiger partial charge in [0.1, 0.15) is 5.69 Å². The standard InChI is InChI=1S/C11H17N3O/c1-3-6-14(2)11(15)10-7-9(8-12)4-5-13-10/h4-5,7H,3,6,8,12H2,1-2H3. The molecule has 15 heavy (non-hydrogen) atoms. The number of amides is 1. The Morgan fingerprint density at radius 2 is 2.33 bits per heavy atom. The van der Waals surface area contributed by atoms with Crippen LogP contribution in [0.5, 0.6) is 0 Å². The Morgan fingerprint density at radius 3 is 2.93 bits per heavy atom. The molecule has 0 unspecified atom stereocenters. The molecule has 0 spiro atoms. The normalized spacial score (nSPS) is 10.1. The van der Waals surface area contributed by atoms with Gasteiger partial charge in [-0.2, -0.15) is 0 Å². The second-order valence-corrected chi connectivity index (χ2v) is 3.48. The summed E-state index contributed by atoms with van der Waals surface area (Å²) in [6.45, 7) is 3.21. The van der Waals surface area contributed by atoms with Crippen LogP contribution in [0.4, 0.5) is 0 Å². The fourth-order valence-corrected chi connectivity index (χ4v) is 1.35. The van der Waals surface area contributed by atoms with Gasteiger partial charge < -0.3 is 10.6 Å². The largest absolute Gasteiger partial charge is 0.340 e. The van der Waals surface area contributed by atoms with Crippen LogP contribution in [0.15, 0.2) is 18.3 Å². The molecule has 0 radical (unpaired) electrons. The Kier molecular flexibility index (Phi) is 4.24. The molecule has 0 saturated carbocycles. The van der Waals surface area contributed by atoms with E-state index in [9.17, 15) is 4.79 Å². The van der Waals surface area contributed by atoms with E-state index in [2.05, 4.69) is 4.98 Å². The van der Waals surface area contributed by atoms with Crippen LogP contribution in [-0.2, 0) is 6.54 Å². The molecule has 1 heterocycles. The van der Waals surface area contributed by atoms with Crippen molar-refractivity contribution in [1.82, 2.24) is 9.88 Å². The lowest BCUT2D eigenvalue weighted by Gasteiger charge is -2.15. The number of pyridine rings is 1. The Balaban J connectivity index is 2.81. The van der Waals surface area contributed by atoms with Crippen molar-refractivity contribution < 1.29 is 4.79 Å². The molecule has 0 aliphatic carbocycles. The van der Waals surface area contributed by atoms with Crippen molar-refractivity contribution in [2.24, 2.45) is 5.73 Å². The number of aromatic nitrogens is 1. The van der Waals surface area contributed by atoms with E-state index in [4.69, 9.17) is 5.73 Å². The minimum atomic E-state index is -0.0489. The molecule has 0 bridgehead atoms. The zero-order valence-electron chi connectivity index (χ0n) is 9.23. The second-order valence-electron chi connectivity index (χ2n) is 3.48. The summed E-state index contributed by atoms with van der Waals surface area (Å²) in [5.74, 6) is -0.0489. The Morgan fingerprint density at radius 1 is 1.60 bits per heavy atom. The summed E-state index contributed by atoms with van der Waals surface area (Å²) in [7, 11) is 1.78. The first-order valence-electron chi connectivity index (χ1n) is 5.09. The lowest BCUT2D eigenvalue weighted by atomic mass is 10.2. The van der Waals surface area contributed by atoms with Crippen LogP contribution < -0.4 is 5.73 Å². The van der Waals surface area contributed by atoms with Gasteiger partial charge in [0.2, 0.25) is 0 Å². The number of rotatable bonds is 4. The third kappa shape index (κ3) is 3.02. The van der Waals surface area contributed by atoms with Gasteiger partial charge in [-0.05, 0) is 24.1 Å². The van der Waals surface area contributed by atoms with Crippen molar-refractivity contribution in [2.45, 2.75) is 19.9 Å². The summed E-state index contributed by atoms with van der Waals surface area (Å²) >= 11 is 0. The summed E-state index contributed by atoms with van der Waals surface area (Å²) in [4.78, 5) is 17.5. The highest BCUT2D eigenvalue weighted by Gasteiger charge is 2.11. The van der Waals surface area contributed by atoms with Gasteiger partial charge in [0.15, 0.2) is 0 Å². The topological polar surface area (TPSA) is 59.2 Å². The monoisotopic (exact) mass is 207 g/mol. The van der Waals surface area contributed by atoms with Crippen molar-refractivity contribution in [1.29, 1.82) is 0 Å². The number of carbonyl (C=O) groups excluding carboxylic acids is 1. The van der Waals surface area contributed by atoms with E-state index in [1.807, 2.05) is 13.0 Å². The first kappa shape index (κ1) is 11.7. The van der Waals surface area contributed by atoms with Gasteiger partial charge in [0, 0.05) is 26.3 Å². The molecule has 0 saturated heterocycles. The lowest BCUT2D eigenvalue weighted by Crippen LogP contribution is -2.28.